The number of aryl methyl sites for hydroxylation is 1. The molecule has 13 heavy (non-hydrogen) atoms. The van der Waals surface area contributed by atoms with Crippen LogP contribution in [0.1, 0.15) is 16.3 Å². The van der Waals surface area contributed by atoms with Crippen molar-refractivity contribution < 1.29 is 4.79 Å². The lowest BCUT2D eigenvalue weighted by atomic mass is 10.4. The van der Waals surface area contributed by atoms with Crippen molar-refractivity contribution in [2.45, 2.75) is 6.92 Å². The number of aromatic nitrogens is 3. The molecule has 0 bridgehead atoms. The summed E-state index contributed by atoms with van der Waals surface area (Å²) < 4.78 is 1.51. The number of H-pyrrole nitrogens is 1. The van der Waals surface area contributed by atoms with E-state index in [1.807, 2.05) is 0 Å². The Morgan fingerprint density at radius 1 is 1.62 bits per heavy atom. The van der Waals surface area contributed by atoms with Gasteiger partial charge in [0.05, 0.1) is 0 Å². The first-order valence-corrected chi connectivity index (χ1v) is 3.97. The molecule has 0 amide bonds. The monoisotopic (exact) mass is 175 g/mol. The zero-order valence-corrected chi connectivity index (χ0v) is 7.19. The average molecular weight is 175 g/mol. The summed E-state index contributed by atoms with van der Waals surface area (Å²) in [6.07, 6.45) is 4.98. The summed E-state index contributed by atoms with van der Waals surface area (Å²) >= 11 is 0. The fourth-order valence-corrected chi connectivity index (χ4v) is 1.19. The fraction of sp³-hybridized carbons (Fsp3) is 0.111. The second-order valence-electron chi connectivity index (χ2n) is 2.73. The Labute approximate surface area is 75.2 Å². The Morgan fingerprint density at radius 2 is 2.46 bits per heavy atom. The van der Waals surface area contributed by atoms with Crippen molar-refractivity contribution in [2.75, 3.05) is 0 Å². The number of hydrogen-bond donors (Lipinski definition) is 1. The topological polar surface area (TPSA) is 50.7 Å². The Hall–Kier alpha value is -1.84. The van der Waals surface area contributed by atoms with Crippen LogP contribution in [0, 0.1) is 6.92 Å². The molecule has 66 valence electrons. The molecule has 0 fully saturated rings. The van der Waals surface area contributed by atoms with Gasteiger partial charge in [0, 0.05) is 18.6 Å². The van der Waals surface area contributed by atoms with Crippen LogP contribution in [-0.2, 0) is 0 Å². The van der Waals surface area contributed by atoms with Gasteiger partial charge in [-0.1, -0.05) is 0 Å². The minimum absolute atomic E-state index is 0.0833. The van der Waals surface area contributed by atoms with Crippen molar-refractivity contribution in [3.8, 4) is 0 Å². The van der Waals surface area contributed by atoms with Gasteiger partial charge in [-0.05, 0) is 19.1 Å². The molecule has 0 aliphatic carbocycles. The van der Waals surface area contributed by atoms with Crippen molar-refractivity contribution >= 4 is 5.91 Å². The minimum atomic E-state index is -0.0833. The van der Waals surface area contributed by atoms with Gasteiger partial charge in [-0.3, -0.25) is 9.36 Å². The maximum Gasteiger partial charge on any atom is 0.279 e. The fourth-order valence-electron chi connectivity index (χ4n) is 1.19. The molecule has 2 aromatic rings. The summed E-state index contributed by atoms with van der Waals surface area (Å²) in [6, 6.07) is 3.53. The highest BCUT2D eigenvalue weighted by atomic mass is 16.2. The number of carbonyl (C=O) groups is 1. The van der Waals surface area contributed by atoms with E-state index in [4.69, 9.17) is 0 Å². The van der Waals surface area contributed by atoms with E-state index in [-0.39, 0.29) is 5.91 Å². The highest BCUT2D eigenvalue weighted by molar-refractivity contribution is 5.94. The molecule has 4 heteroatoms. The summed E-state index contributed by atoms with van der Waals surface area (Å²) in [7, 11) is 0. The number of rotatable bonds is 1. The number of nitrogens with zero attached hydrogens (tertiary/aromatic N) is 2. The van der Waals surface area contributed by atoms with Crippen LogP contribution in [0.15, 0.2) is 30.7 Å². The first-order chi connectivity index (χ1) is 6.29. The maximum absolute atomic E-state index is 11.7. The number of imidazole rings is 1. The third kappa shape index (κ3) is 1.26. The molecule has 0 aliphatic heterocycles. The molecule has 0 atom stereocenters. The molecule has 0 saturated carbocycles. The first-order valence-electron chi connectivity index (χ1n) is 3.97. The van der Waals surface area contributed by atoms with Gasteiger partial charge >= 0.3 is 0 Å². The summed E-state index contributed by atoms with van der Waals surface area (Å²) in [6.45, 7) is 1.79. The van der Waals surface area contributed by atoms with Crippen LogP contribution < -0.4 is 0 Å². The van der Waals surface area contributed by atoms with Crippen LogP contribution >= 0.6 is 0 Å². The summed E-state index contributed by atoms with van der Waals surface area (Å²) in [4.78, 5) is 18.5. The quantitative estimate of drug-likeness (QED) is 0.708. The van der Waals surface area contributed by atoms with E-state index in [0.717, 1.165) is 0 Å². The molecule has 1 N–H and O–H groups in total. The van der Waals surface area contributed by atoms with E-state index in [9.17, 15) is 4.79 Å². The largest absolute Gasteiger partial charge is 0.357 e. The van der Waals surface area contributed by atoms with Gasteiger partial charge in [0.2, 0.25) is 0 Å². The minimum Gasteiger partial charge on any atom is -0.357 e. The number of nitrogens with one attached hydrogen (secondary N) is 1. The predicted octanol–water partition coefficient (Wildman–Crippen LogP) is 1.21. The Balaban J connectivity index is 2.39. The van der Waals surface area contributed by atoms with Gasteiger partial charge < -0.3 is 4.98 Å². The predicted molar refractivity (Wildman–Crippen MR) is 47.5 cm³/mol. The average Bonchev–Trinajstić information content (AvgIpc) is 2.72. The van der Waals surface area contributed by atoms with Gasteiger partial charge in [0.15, 0.2) is 0 Å². The van der Waals surface area contributed by atoms with Gasteiger partial charge in [0.25, 0.3) is 5.91 Å². The Bertz CT molecular complexity index is 414. The second kappa shape index (κ2) is 2.90. The molecule has 2 aromatic heterocycles. The van der Waals surface area contributed by atoms with Crippen LogP contribution in [0.25, 0.3) is 0 Å². The normalized spacial score (nSPS) is 10.2. The third-order valence-corrected chi connectivity index (χ3v) is 1.87. The second-order valence-corrected chi connectivity index (χ2v) is 2.73. The molecule has 2 rings (SSSR count). The Kier molecular flexibility index (Phi) is 1.73. The van der Waals surface area contributed by atoms with Crippen molar-refractivity contribution in [1.29, 1.82) is 0 Å². The van der Waals surface area contributed by atoms with Gasteiger partial charge in [-0.2, -0.15) is 0 Å². The molecule has 4 nitrogen and oxygen atoms in total. The SMILES string of the molecule is Cc1nccn1C(=O)c1ccc[nH]1. The highest BCUT2D eigenvalue weighted by Gasteiger charge is 2.09. The van der Waals surface area contributed by atoms with Crippen LogP contribution in [0.4, 0.5) is 0 Å². The zero-order chi connectivity index (χ0) is 9.26. The lowest BCUT2D eigenvalue weighted by molar-refractivity contribution is 0.0953. The highest BCUT2D eigenvalue weighted by Crippen LogP contribution is 2.02. The third-order valence-electron chi connectivity index (χ3n) is 1.87. The molecule has 0 unspecified atom stereocenters. The van der Waals surface area contributed by atoms with E-state index >= 15 is 0 Å². The molecule has 0 radical (unpaired) electrons. The first kappa shape index (κ1) is 7.79. The molecule has 2 heterocycles. The standard InChI is InChI=1S/C9H9N3O/c1-7-10-5-6-12(7)9(13)8-3-2-4-11-8/h2-6,11H,1H3. The molecule has 0 aliphatic rings. The van der Waals surface area contributed by atoms with E-state index in [2.05, 4.69) is 9.97 Å². The van der Waals surface area contributed by atoms with Gasteiger partial charge in [-0.15, -0.1) is 0 Å². The molecular formula is C9H9N3O. The van der Waals surface area contributed by atoms with Crippen molar-refractivity contribution in [3.63, 3.8) is 0 Å². The van der Waals surface area contributed by atoms with E-state index < -0.39 is 0 Å². The maximum atomic E-state index is 11.7. The molecule has 0 aromatic carbocycles. The Morgan fingerprint density at radius 3 is 3.00 bits per heavy atom. The lowest BCUT2D eigenvalue weighted by Crippen LogP contribution is -2.12. The van der Waals surface area contributed by atoms with Gasteiger partial charge in [0.1, 0.15) is 11.5 Å². The van der Waals surface area contributed by atoms with Crippen molar-refractivity contribution in [1.82, 2.24) is 14.5 Å². The van der Waals surface area contributed by atoms with E-state index in [1.165, 1.54) is 4.57 Å². The van der Waals surface area contributed by atoms with Gasteiger partial charge in [-0.25, -0.2) is 4.98 Å². The molecule has 0 saturated heterocycles. The van der Waals surface area contributed by atoms with Crippen molar-refractivity contribution in [3.05, 3.63) is 42.2 Å². The number of carbonyl (C=O) groups excluding carboxylic acids is 1. The number of aromatic amines is 1. The molecule has 0 spiro atoms. The zero-order valence-electron chi connectivity index (χ0n) is 7.19. The summed E-state index contributed by atoms with van der Waals surface area (Å²) in [5.74, 6) is 0.611. The lowest BCUT2D eigenvalue weighted by Gasteiger charge is -1.99. The van der Waals surface area contributed by atoms with Crippen molar-refractivity contribution in [2.24, 2.45) is 0 Å². The van der Waals surface area contributed by atoms with E-state index in [1.54, 1.807) is 37.6 Å². The van der Waals surface area contributed by atoms with Crippen LogP contribution in [0.5, 0.6) is 0 Å². The van der Waals surface area contributed by atoms with Crippen LogP contribution in [0.2, 0.25) is 0 Å². The smallest absolute Gasteiger partial charge is 0.279 e. The molecular weight excluding hydrogens is 166 g/mol. The summed E-state index contributed by atoms with van der Waals surface area (Å²) in [5.41, 5.74) is 0.570. The van der Waals surface area contributed by atoms with Crippen LogP contribution in [0.3, 0.4) is 0 Å². The number of hydrogen-bond acceptors (Lipinski definition) is 2. The summed E-state index contributed by atoms with van der Waals surface area (Å²) in [5, 5.41) is 0. The van der Waals surface area contributed by atoms with Crippen LogP contribution in [-0.4, -0.2) is 20.4 Å². The van der Waals surface area contributed by atoms with E-state index in [0.29, 0.717) is 11.5 Å².